The highest BCUT2D eigenvalue weighted by atomic mass is 32.1. The summed E-state index contributed by atoms with van der Waals surface area (Å²) >= 11 is 1.77. The molecule has 2 aromatic rings. The molecule has 0 unspecified atom stereocenters. The molecule has 0 atom stereocenters. The van der Waals surface area contributed by atoms with Gasteiger partial charge in [-0.3, -0.25) is 0 Å². The van der Waals surface area contributed by atoms with Gasteiger partial charge in [0.1, 0.15) is 5.82 Å². The van der Waals surface area contributed by atoms with Crippen LogP contribution in [0.15, 0.2) is 5.38 Å². The smallest absolute Gasteiger partial charge is 0.127 e. The second kappa shape index (κ2) is 5.54. The molecule has 0 radical (unpaired) electrons. The fraction of sp³-hybridized carbons (Fsp3) is 0.571. The van der Waals surface area contributed by atoms with E-state index in [1.807, 2.05) is 11.6 Å². The molecule has 3 rings (SSSR count). The van der Waals surface area contributed by atoms with E-state index in [1.54, 1.807) is 11.3 Å². The largest absolute Gasteiger partial charge is 0.394 e. The molecule has 1 saturated carbocycles. The summed E-state index contributed by atoms with van der Waals surface area (Å²) in [6.07, 6.45) is 2.59. The first kappa shape index (κ1) is 13.6. The first-order chi connectivity index (χ1) is 9.69. The molecule has 5 nitrogen and oxygen atoms in total. The van der Waals surface area contributed by atoms with E-state index < -0.39 is 0 Å². The Morgan fingerprint density at radius 1 is 1.45 bits per heavy atom. The number of hydrogen-bond donors (Lipinski definition) is 2. The van der Waals surface area contributed by atoms with Crippen molar-refractivity contribution < 1.29 is 5.11 Å². The van der Waals surface area contributed by atoms with E-state index in [0.29, 0.717) is 13.1 Å². The maximum atomic E-state index is 9.10. The average molecular weight is 292 g/mol. The molecule has 2 aromatic heterocycles. The lowest BCUT2D eigenvalue weighted by atomic mass is 10.3. The van der Waals surface area contributed by atoms with Crippen molar-refractivity contribution in [3.63, 3.8) is 0 Å². The second-order valence-electron chi connectivity index (χ2n) is 5.31. The molecule has 0 aromatic carbocycles. The van der Waals surface area contributed by atoms with Gasteiger partial charge >= 0.3 is 0 Å². The molecule has 0 aliphatic heterocycles. The van der Waals surface area contributed by atoms with Crippen LogP contribution in [-0.4, -0.2) is 26.5 Å². The minimum atomic E-state index is 0.0950. The minimum Gasteiger partial charge on any atom is -0.394 e. The summed E-state index contributed by atoms with van der Waals surface area (Å²) in [7, 11) is 0. The summed E-state index contributed by atoms with van der Waals surface area (Å²) in [5, 5.41) is 20.4. The van der Waals surface area contributed by atoms with Gasteiger partial charge in [0, 0.05) is 16.9 Å². The van der Waals surface area contributed by atoms with Crippen molar-refractivity contribution in [2.75, 3.05) is 11.9 Å². The van der Waals surface area contributed by atoms with Crippen LogP contribution in [0.4, 0.5) is 5.82 Å². The Morgan fingerprint density at radius 3 is 2.95 bits per heavy atom. The zero-order chi connectivity index (χ0) is 14.1. The number of anilines is 1. The lowest BCUT2D eigenvalue weighted by Gasteiger charge is -2.08. The first-order valence-corrected chi connectivity index (χ1v) is 7.90. The summed E-state index contributed by atoms with van der Waals surface area (Å²) in [5.41, 5.74) is 3.22. The van der Waals surface area contributed by atoms with E-state index in [2.05, 4.69) is 27.7 Å². The molecule has 6 heteroatoms. The molecule has 0 spiro atoms. The van der Waals surface area contributed by atoms with Crippen LogP contribution in [-0.2, 0) is 13.1 Å². The number of hydrogen-bond acceptors (Lipinski definition) is 5. The summed E-state index contributed by atoms with van der Waals surface area (Å²) in [5.74, 6) is 1.70. The lowest BCUT2D eigenvalue weighted by molar-refractivity contribution is 0.270. The second-order valence-corrected chi connectivity index (χ2v) is 6.20. The summed E-state index contributed by atoms with van der Waals surface area (Å²) in [4.78, 5) is 4.68. The number of thiazole rings is 1. The zero-order valence-electron chi connectivity index (χ0n) is 11.9. The van der Waals surface area contributed by atoms with Crippen molar-refractivity contribution in [1.82, 2.24) is 14.8 Å². The number of aliphatic hydroxyl groups excluding tert-OH is 1. The molecule has 2 heterocycles. The van der Waals surface area contributed by atoms with Gasteiger partial charge in [0.15, 0.2) is 0 Å². The summed E-state index contributed by atoms with van der Waals surface area (Å²) in [6.45, 7) is 5.36. The van der Waals surface area contributed by atoms with Gasteiger partial charge in [0.05, 0.1) is 36.1 Å². The van der Waals surface area contributed by atoms with Crippen molar-refractivity contribution in [1.29, 1.82) is 0 Å². The van der Waals surface area contributed by atoms with E-state index in [9.17, 15) is 0 Å². The monoisotopic (exact) mass is 292 g/mol. The van der Waals surface area contributed by atoms with E-state index in [4.69, 9.17) is 5.11 Å². The zero-order valence-corrected chi connectivity index (χ0v) is 12.7. The highest BCUT2D eigenvalue weighted by molar-refractivity contribution is 7.09. The van der Waals surface area contributed by atoms with Gasteiger partial charge in [-0.15, -0.1) is 11.3 Å². The van der Waals surface area contributed by atoms with Crippen LogP contribution in [0, 0.1) is 13.8 Å². The van der Waals surface area contributed by atoms with E-state index >= 15 is 0 Å². The Kier molecular flexibility index (Phi) is 3.76. The molecular weight excluding hydrogens is 272 g/mol. The van der Waals surface area contributed by atoms with Crippen LogP contribution >= 0.6 is 11.3 Å². The topological polar surface area (TPSA) is 63.0 Å². The SMILES string of the molecule is Cc1nn(CCO)c(NCc2csc(C3CC3)n2)c1C. The molecule has 20 heavy (non-hydrogen) atoms. The van der Waals surface area contributed by atoms with Crippen molar-refractivity contribution in [3.8, 4) is 0 Å². The van der Waals surface area contributed by atoms with Crippen LogP contribution in [0.2, 0.25) is 0 Å². The number of aliphatic hydroxyl groups is 1. The third-order valence-corrected chi connectivity index (χ3v) is 4.73. The fourth-order valence-electron chi connectivity index (χ4n) is 2.25. The van der Waals surface area contributed by atoms with Crippen molar-refractivity contribution in [3.05, 3.63) is 27.3 Å². The maximum Gasteiger partial charge on any atom is 0.127 e. The Hall–Kier alpha value is -1.40. The number of aryl methyl sites for hydroxylation is 1. The van der Waals surface area contributed by atoms with Gasteiger partial charge in [-0.2, -0.15) is 5.10 Å². The Labute approximate surface area is 122 Å². The van der Waals surface area contributed by atoms with Crippen LogP contribution in [0.5, 0.6) is 0 Å². The molecule has 1 aliphatic rings. The fourth-order valence-corrected chi connectivity index (χ4v) is 3.24. The standard InChI is InChI=1S/C14H20N4OS/c1-9-10(2)17-18(5-6-19)13(9)15-7-12-8-20-14(16-12)11-3-4-11/h8,11,15,19H,3-7H2,1-2H3. The van der Waals surface area contributed by atoms with Gasteiger partial charge in [0.2, 0.25) is 0 Å². The predicted molar refractivity (Wildman–Crippen MR) is 80.2 cm³/mol. The Balaban J connectivity index is 1.70. The molecule has 1 aliphatic carbocycles. The highest BCUT2D eigenvalue weighted by Gasteiger charge is 2.26. The normalized spacial score (nSPS) is 14.8. The molecule has 0 bridgehead atoms. The van der Waals surface area contributed by atoms with Crippen molar-refractivity contribution in [2.24, 2.45) is 0 Å². The van der Waals surface area contributed by atoms with Gasteiger partial charge in [-0.1, -0.05) is 0 Å². The molecule has 108 valence electrons. The van der Waals surface area contributed by atoms with Crippen molar-refractivity contribution in [2.45, 2.75) is 45.7 Å². The van der Waals surface area contributed by atoms with E-state index in [1.165, 1.54) is 17.8 Å². The summed E-state index contributed by atoms with van der Waals surface area (Å²) < 4.78 is 1.83. The van der Waals surface area contributed by atoms with Gasteiger partial charge in [-0.25, -0.2) is 9.67 Å². The van der Waals surface area contributed by atoms with Crippen LogP contribution in [0.25, 0.3) is 0 Å². The van der Waals surface area contributed by atoms with Gasteiger partial charge in [0.25, 0.3) is 0 Å². The van der Waals surface area contributed by atoms with E-state index in [-0.39, 0.29) is 6.61 Å². The summed E-state index contributed by atoms with van der Waals surface area (Å²) in [6, 6.07) is 0. The van der Waals surface area contributed by atoms with Gasteiger partial charge < -0.3 is 10.4 Å². The molecule has 0 saturated heterocycles. The predicted octanol–water partition coefficient (Wildman–Crippen LogP) is 2.44. The third-order valence-electron chi connectivity index (χ3n) is 3.67. The first-order valence-electron chi connectivity index (χ1n) is 7.02. The maximum absolute atomic E-state index is 9.10. The molecular formula is C14H20N4OS. The molecule has 0 amide bonds. The van der Waals surface area contributed by atoms with E-state index in [0.717, 1.165) is 28.7 Å². The quantitative estimate of drug-likeness (QED) is 0.858. The van der Waals surface area contributed by atoms with Gasteiger partial charge in [-0.05, 0) is 26.7 Å². The highest BCUT2D eigenvalue weighted by Crippen LogP contribution is 2.41. The van der Waals surface area contributed by atoms with Crippen molar-refractivity contribution >= 4 is 17.2 Å². The number of rotatable bonds is 6. The number of nitrogens with zero attached hydrogens (tertiary/aromatic N) is 3. The molecule has 2 N–H and O–H groups in total. The van der Waals surface area contributed by atoms with Crippen LogP contribution in [0.1, 0.15) is 40.7 Å². The Morgan fingerprint density at radius 2 is 2.25 bits per heavy atom. The number of nitrogens with one attached hydrogen (secondary N) is 1. The Bertz CT molecular complexity index is 600. The third kappa shape index (κ3) is 2.71. The van der Waals surface area contributed by atoms with Crippen LogP contribution in [0.3, 0.4) is 0 Å². The minimum absolute atomic E-state index is 0.0950. The number of aromatic nitrogens is 3. The average Bonchev–Trinajstić information content (AvgIpc) is 3.12. The molecule has 1 fully saturated rings. The van der Waals surface area contributed by atoms with Crippen LogP contribution < -0.4 is 5.32 Å². The lowest BCUT2D eigenvalue weighted by Crippen LogP contribution is -2.11.